The van der Waals surface area contributed by atoms with Crippen molar-refractivity contribution in [2.24, 2.45) is 5.73 Å². The van der Waals surface area contributed by atoms with Gasteiger partial charge in [0.05, 0.1) is 0 Å². The van der Waals surface area contributed by atoms with Crippen molar-refractivity contribution in [2.45, 2.75) is 18.9 Å². The first kappa shape index (κ1) is 23.3. The Morgan fingerprint density at radius 2 is 1.88 bits per heavy atom. The van der Waals surface area contributed by atoms with Crippen LogP contribution in [-0.4, -0.2) is 39.9 Å². The van der Waals surface area contributed by atoms with Crippen molar-refractivity contribution in [1.29, 1.82) is 5.41 Å². The Balaban J connectivity index is 0.00000274. The number of benzene rings is 3. The Morgan fingerprint density at radius 1 is 1.12 bits per heavy atom. The van der Waals surface area contributed by atoms with Crippen LogP contribution in [0.1, 0.15) is 35.1 Å². The molecule has 3 aromatic carbocycles. The Labute approximate surface area is 202 Å². The molecule has 8 nitrogen and oxygen atoms in total. The van der Waals surface area contributed by atoms with Gasteiger partial charge in [-0.05, 0) is 41.8 Å². The van der Waals surface area contributed by atoms with Crippen LogP contribution in [0.3, 0.4) is 0 Å². The van der Waals surface area contributed by atoms with E-state index in [9.17, 15) is 4.79 Å². The maximum Gasteiger partial charge on any atom is 0.249 e. The van der Waals surface area contributed by atoms with E-state index >= 15 is 0 Å². The summed E-state index contributed by atoms with van der Waals surface area (Å²) in [4.78, 5) is 18.6. The number of aromatic nitrogens is 2. The molecule has 0 aliphatic carbocycles. The molecule has 1 aromatic heterocycles. The van der Waals surface area contributed by atoms with Crippen LogP contribution in [0.4, 0.5) is 0 Å². The monoisotopic (exact) mass is 477 g/mol. The van der Waals surface area contributed by atoms with E-state index in [0.717, 1.165) is 35.7 Å². The third-order valence-corrected chi connectivity index (χ3v) is 5.82. The number of Topliss-reactive ketones (excluding diaryl/α,β-unsaturated/α-hetero) is 1. The van der Waals surface area contributed by atoms with Gasteiger partial charge >= 0.3 is 0 Å². The van der Waals surface area contributed by atoms with Gasteiger partial charge in [-0.15, -0.1) is 12.4 Å². The van der Waals surface area contributed by atoms with Crippen molar-refractivity contribution in [2.75, 3.05) is 13.2 Å². The fraction of sp³-hybridized carbons (Fsp3) is 0.200. The summed E-state index contributed by atoms with van der Waals surface area (Å²) in [5.41, 5.74) is 7.14. The Morgan fingerprint density at radius 3 is 2.68 bits per heavy atom. The number of carbonyl (C=O) groups excluding carboxylic acids is 1. The van der Waals surface area contributed by atoms with Gasteiger partial charge in [0.25, 0.3) is 0 Å². The molecule has 1 aliphatic heterocycles. The van der Waals surface area contributed by atoms with Crippen LogP contribution < -0.4 is 10.5 Å². The summed E-state index contributed by atoms with van der Waals surface area (Å²) in [6.45, 7) is 0.701. The molecule has 1 fully saturated rings. The molecule has 1 unspecified atom stereocenters. The Kier molecular flexibility index (Phi) is 6.79. The maximum absolute atomic E-state index is 12.3. The summed E-state index contributed by atoms with van der Waals surface area (Å²) in [6.07, 6.45) is 1.76. The second kappa shape index (κ2) is 9.93. The van der Waals surface area contributed by atoms with Gasteiger partial charge in [0.15, 0.2) is 18.3 Å². The molecule has 9 heteroatoms. The van der Waals surface area contributed by atoms with Crippen molar-refractivity contribution < 1.29 is 14.1 Å². The third kappa shape index (κ3) is 4.72. The van der Waals surface area contributed by atoms with E-state index in [1.807, 2.05) is 54.6 Å². The zero-order chi connectivity index (χ0) is 22.8. The average molecular weight is 478 g/mol. The standard InChI is InChI=1S/C25H23N5O3.ClH/c26-25(27)30-12-4-7-21(30)24-28-23(29-33-24)19-9-8-18-14-20(11-10-17(18)13-19)32-15-22(31)16-5-2-1-3-6-16;/h1-3,5-6,8-11,13-14,21H,4,7,12,15H2,(H3,26,27);1H. The largest absolute Gasteiger partial charge is 0.485 e. The molecular formula is C25H24ClN5O3. The lowest BCUT2D eigenvalue weighted by Gasteiger charge is -2.21. The first-order chi connectivity index (χ1) is 16.1. The highest BCUT2D eigenvalue weighted by Crippen LogP contribution is 2.32. The molecule has 0 bridgehead atoms. The van der Waals surface area contributed by atoms with E-state index in [4.69, 9.17) is 20.4 Å². The number of hydrogen-bond acceptors (Lipinski definition) is 6. The van der Waals surface area contributed by atoms with Gasteiger partial charge in [-0.3, -0.25) is 10.2 Å². The lowest BCUT2D eigenvalue weighted by molar-refractivity contribution is 0.0921. The van der Waals surface area contributed by atoms with Crippen LogP contribution in [0.2, 0.25) is 0 Å². The van der Waals surface area contributed by atoms with Gasteiger partial charge < -0.3 is 19.9 Å². The number of hydrogen-bond donors (Lipinski definition) is 2. The van der Waals surface area contributed by atoms with Crippen LogP contribution in [0.25, 0.3) is 22.2 Å². The molecule has 1 saturated heterocycles. The van der Waals surface area contributed by atoms with E-state index in [1.165, 1.54) is 0 Å². The topological polar surface area (TPSA) is 118 Å². The lowest BCUT2D eigenvalue weighted by Crippen LogP contribution is -2.35. The maximum atomic E-state index is 12.3. The van der Waals surface area contributed by atoms with Crippen molar-refractivity contribution in [3.05, 3.63) is 78.2 Å². The summed E-state index contributed by atoms with van der Waals surface area (Å²) in [5, 5.41) is 13.8. The van der Waals surface area contributed by atoms with Gasteiger partial charge in [-0.2, -0.15) is 4.98 Å². The number of halogens is 1. The fourth-order valence-electron chi connectivity index (χ4n) is 4.11. The number of nitrogens with two attached hydrogens (primary N) is 1. The molecule has 1 aliphatic rings. The highest BCUT2D eigenvalue weighted by molar-refractivity contribution is 5.97. The first-order valence-electron chi connectivity index (χ1n) is 10.8. The molecule has 4 aromatic rings. The number of likely N-dealkylation sites (tertiary alicyclic amines) is 1. The van der Waals surface area contributed by atoms with Gasteiger partial charge in [0.2, 0.25) is 11.7 Å². The molecule has 34 heavy (non-hydrogen) atoms. The SMILES string of the molecule is Cl.N=C(N)N1CCCC1c1nc(-c2ccc3cc(OCC(=O)c4ccccc4)ccc3c2)no1. The second-order valence-electron chi connectivity index (χ2n) is 7.99. The van der Waals surface area contributed by atoms with Gasteiger partial charge in [-0.1, -0.05) is 53.7 Å². The molecule has 1 atom stereocenters. The average Bonchev–Trinajstić information content (AvgIpc) is 3.52. The van der Waals surface area contributed by atoms with Crippen molar-refractivity contribution in [1.82, 2.24) is 15.0 Å². The van der Waals surface area contributed by atoms with Gasteiger partial charge in [-0.25, -0.2) is 0 Å². The van der Waals surface area contributed by atoms with Crippen LogP contribution in [0, 0.1) is 5.41 Å². The normalized spacial score (nSPS) is 15.2. The highest BCUT2D eigenvalue weighted by Gasteiger charge is 2.31. The molecule has 0 radical (unpaired) electrons. The summed E-state index contributed by atoms with van der Waals surface area (Å²) >= 11 is 0. The van der Waals surface area contributed by atoms with Crippen LogP contribution >= 0.6 is 12.4 Å². The first-order valence-corrected chi connectivity index (χ1v) is 10.8. The highest BCUT2D eigenvalue weighted by atomic mass is 35.5. The number of ether oxygens (including phenoxy) is 1. The summed E-state index contributed by atoms with van der Waals surface area (Å²) in [7, 11) is 0. The zero-order valence-electron chi connectivity index (χ0n) is 18.3. The fourth-order valence-corrected chi connectivity index (χ4v) is 4.11. The van der Waals surface area contributed by atoms with Gasteiger partial charge in [0, 0.05) is 17.7 Å². The molecule has 2 heterocycles. The van der Waals surface area contributed by atoms with Crippen LogP contribution in [0.5, 0.6) is 5.75 Å². The molecule has 174 valence electrons. The van der Waals surface area contributed by atoms with E-state index in [2.05, 4.69) is 10.1 Å². The number of nitrogens with one attached hydrogen (secondary N) is 1. The summed E-state index contributed by atoms with van der Waals surface area (Å²) in [6, 6.07) is 20.5. The molecule has 3 N–H and O–H groups in total. The van der Waals surface area contributed by atoms with E-state index in [1.54, 1.807) is 17.0 Å². The predicted octanol–water partition coefficient (Wildman–Crippen LogP) is 4.60. The van der Waals surface area contributed by atoms with Crippen LogP contribution in [0.15, 0.2) is 71.3 Å². The van der Waals surface area contributed by atoms with E-state index in [0.29, 0.717) is 23.0 Å². The molecular weight excluding hydrogens is 454 g/mol. The van der Waals surface area contributed by atoms with Crippen LogP contribution in [-0.2, 0) is 0 Å². The molecule has 5 rings (SSSR count). The Bertz CT molecular complexity index is 1320. The molecule has 0 amide bonds. The molecule has 0 spiro atoms. The number of carbonyl (C=O) groups is 1. The number of nitrogens with zero attached hydrogens (tertiary/aromatic N) is 3. The third-order valence-electron chi connectivity index (χ3n) is 5.82. The number of ketones is 1. The minimum absolute atomic E-state index is 0. The lowest BCUT2D eigenvalue weighted by atomic mass is 10.1. The second-order valence-corrected chi connectivity index (χ2v) is 7.99. The van der Waals surface area contributed by atoms with E-state index in [-0.39, 0.29) is 36.8 Å². The minimum atomic E-state index is -0.150. The summed E-state index contributed by atoms with van der Waals surface area (Å²) in [5.74, 6) is 1.56. The summed E-state index contributed by atoms with van der Waals surface area (Å²) < 4.78 is 11.2. The Hall–Kier alpha value is -3.91. The number of fused-ring (bicyclic) bond motifs is 1. The smallest absolute Gasteiger partial charge is 0.249 e. The number of guanidine groups is 1. The minimum Gasteiger partial charge on any atom is -0.485 e. The van der Waals surface area contributed by atoms with Crippen molar-refractivity contribution >= 4 is 34.9 Å². The predicted molar refractivity (Wildman–Crippen MR) is 131 cm³/mol. The quantitative estimate of drug-likeness (QED) is 0.236. The van der Waals surface area contributed by atoms with Crippen molar-refractivity contribution in [3.8, 4) is 17.1 Å². The number of rotatable bonds is 6. The van der Waals surface area contributed by atoms with E-state index < -0.39 is 0 Å². The van der Waals surface area contributed by atoms with Crippen molar-refractivity contribution in [3.63, 3.8) is 0 Å². The zero-order valence-corrected chi connectivity index (χ0v) is 19.1. The molecule has 0 saturated carbocycles. The van der Waals surface area contributed by atoms with Gasteiger partial charge in [0.1, 0.15) is 11.8 Å².